The van der Waals surface area contributed by atoms with Crippen molar-refractivity contribution in [2.24, 2.45) is 0 Å². The molecule has 0 spiro atoms. The molecule has 3 aromatic rings. The second kappa shape index (κ2) is 12.3. The minimum atomic E-state index is -0.456. The van der Waals surface area contributed by atoms with E-state index >= 15 is 0 Å². The highest BCUT2D eigenvalue weighted by atomic mass is 32.2. The zero-order chi connectivity index (χ0) is 24.5. The topological polar surface area (TPSA) is 103 Å². The number of carbonyl (C=O) groups excluding carboxylic acids is 1. The van der Waals surface area contributed by atoms with Crippen LogP contribution < -0.4 is 5.32 Å². The van der Waals surface area contributed by atoms with Gasteiger partial charge in [0.25, 0.3) is 5.69 Å². The number of aromatic nitrogens is 3. The average molecular weight is 486 g/mol. The van der Waals surface area contributed by atoms with Crippen LogP contribution in [0.3, 0.4) is 0 Å². The van der Waals surface area contributed by atoms with Gasteiger partial charge in [0.05, 0.1) is 11.0 Å². The monoisotopic (exact) mass is 485 g/mol. The Hall–Kier alpha value is -3.27. The highest BCUT2D eigenvalue weighted by molar-refractivity contribution is 7.98. The summed E-state index contributed by atoms with van der Waals surface area (Å²) in [5, 5.41) is 23.3. The van der Waals surface area contributed by atoms with Gasteiger partial charge in [-0.3, -0.25) is 19.5 Å². The molecule has 0 radical (unpaired) electrons. The zero-order valence-corrected chi connectivity index (χ0v) is 20.1. The molecule has 1 N–H and O–H groups in total. The number of halogens is 1. The predicted octanol–water partition coefficient (Wildman–Crippen LogP) is 5.75. The van der Waals surface area contributed by atoms with Crippen molar-refractivity contribution < 1.29 is 14.1 Å². The number of nitrogens with one attached hydrogen (secondary N) is 1. The van der Waals surface area contributed by atoms with Crippen molar-refractivity contribution in [3.8, 4) is 5.69 Å². The van der Waals surface area contributed by atoms with Gasteiger partial charge in [-0.15, -0.1) is 10.2 Å². The normalized spacial score (nSPS) is 11.9. The Bertz CT molecular complexity index is 1100. The molecule has 0 aliphatic heterocycles. The van der Waals surface area contributed by atoms with Gasteiger partial charge in [0.1, 0.15) is 5.82 Å². The fraction of sp³-hybridized carbons (Fsp3) is 0.375. The molecule has 2 aromatic carbocycles. The Kier molecular flexibility index (Phi) is 9.15. The number of amides is 1. The summed E-state index contributed by atoms with van der Waals surface area (Å²) in [6, 6.07) is 11.9. The molecule has 0 aliphatic carbocycles. The van der Waals surface area contributed by atoms with Crippen molar-refractivity contribution in [1.29, 1.82) is 0 Å². The number of unbranched alkanes of at least 4 members (excludes halogenated alkanes) is 3. The molecule has 0 fully saturated rings. The SMILES string of the molecule is CCCCCCC(=O)NC(C)c1nnc(SCc2ccc(F)cc2)n1-c1ccc([N+](=O)[O-])cc1. The minimum absolute atomic E-state index is 0.0210. The van der Waals surface area contributed by atoms with Crippen LogP contribution >= 0.6 is 11.8 Å². The number of nitro benzene ring substituents is 1. The first-order valence-electron chi connectivity index (χ1n) is 11.3. The zero-order valence-electron chi connectivity index (χ0n) is 19.2. The Balaban J connectivity index is 1.82. The highest BCUT2D eigenvalue weighted by Gasteiger charge is 2.21. The van der Waals surface area contributed by atoms with Gasteiger partial charge >= 0.3 is 0 Å². The van der Waals surface area contributed by atoms with Crippen molar-refractivity contribution in [2.45, 2.75) is 62.9 Å². The molecule has 10 heteroatoms. The van der Waals surface area contributed by atoms with E-state index in [1.54, 1.807) is 28.8 Å². The van der Waals surface area contributed by atoms with Crippen LogP contribution in [0.4, 0.5) is 10.1 Å². The Morgan fingerprint density at radius 2 is 1.82 bits per heavy atom. The van der Waals surface area contributed by atoms with Crippen LogP contribution in [0.15, 0.2) is 53.7 Å². The van der Waals surface area contributed by atoms with Crippen LogP contribution in [0.2, 0.25) is 0 Å². The summed E-state index contributed by atoms with van der Waals surface area (Å²) in [5.41, 5.74) is 1.54. The maximum Gasteiger partial charge on any atom is 0.269 e. The van der Waals surface area contributed by atoms with Gasteiger partial charge in [-0.2, -0.15) is 0 Å². The van der Waals surface area contributed by atoms with Crippen LogP contribution in [-0.4, -0.2) is 25.6 Å². The quantitative estimate of drug-likeness (QED) is 0.152. The number of nitro groups is 1. The number of hydrogen-bond donors (Lipinski definition) is 1. The summed E-state index contributed by atoms with van der Waals surface area (Å²) in [5.74, 6) is 0.702. The lowest BCUT2D eigenvalue weighted by molar-refractivity contribution is -0.384. The molecule has 1 heterocycles. The van der Waals surface area contributed by atoms with E-state index in [1.807, 2.05) is 6.92 Å². The van der Waals surface area contributed by atoms with E-state index in [1.165, 1.54) is 36.0 Å². The maximum atomic E-state index is 13.2. The number of nitrogens with zero attached hydrogens (tertiary/aromatic N) is 4. The van der Waals surface area contributed by atoms with Crippen molar-refractivity contribution in [2.75, 3.05) is 0 Å². The van der Waals surface area contributed by atoms with E-state index in [-0.39, 0.29) is 17.4 Å². The van der Waals surface area contributed by atoms with Gasteiger partial charge in [-0.25, -0.2) is 4.39 Å². The minimum Gasteiger partial charge on any atom is -0.346 e. The number of thioether (sulfide) groups is 1. The van der Waals surface area contributed by atoms with Gasteiger partial charge in [-0.05, 0) is 43.2 Å². The molecule has 1 amide bonds. The summed E-state index contributed by atoms with van der Waals surface area (Å²) in [4.78, 5) is 23.0. The van der Waals surface area contributed by atoms with Gasteiger partial charge in [-0.1, -0.05) is 50.1 Å². The van der Waals surface area contributed by atoms with Crippen LogP contribution in [-0.2, 0) is 10.5 Å². The maximum absolute atomic E-state index is 13.2. The fourth-order valence-corrected chi connectivity index (χ4v) is 4.36. The molecular formula is C24H28FN5O3S. The summed E-state index contributed by atoms with van der Waals surface area (Å²) in [6.07, 6.45) is 4.50. The lowest BCUT2D eigenvalue weighted by Crippen LogP contribution is -2.28. The molecule has 180 valence electrons. The molecule has 0 saturated heterocycles. The van der Waals surface area contributed by atoms with E-state index in [9.17, 15) is 19.3 Å². The second-order valence-corrected chi connectivity index (χ2v) is 8.91. The molecule has 1 unspecified atom stereocenters. The van der Waals surface area contributed by atoms with Crippen LogP contribution in [0.1, 0.15) is 63.4 Å². The predicted molar refractivity (Wildman–Crippen MR) is 129 cm³/mol. The number of carbonyl (C=O) groups is 1. The standard InChI is InChI=1S/C24H28FN5O3S/c1-3-4-5-6-7-22(31)26-17(2)23-27-28-24(34-16-18-8-10-19(25)11-9-18)29(23)20-12-14-21(15-13-20)30(32)33/h8-15,17H,3-7,16H2,1-2H3,(H,26,31). The molecule has 34 heavy (non-hydrogen) atoms. The summed E-state index contributed by atoms with van der Waals surface area (Å²) in [7, 11) is 0. The summed E-state index contributed by atoms with van der Waals surface area (Å²) < 4.78 is 15.0. The van der Waals surface area contributed by atoms with Crippen LogP contribution in [0, 0.1) is 15.9 Å². The number of non-ortho nitro benzene ring substituents is 1. The number of benzene rings is 2. The fourth-order valence-electron chi connectivity index (χ4n) is 3.44. The molecule has 0 bridgehead atoms. The smallest absolute Gasteiger partial charge is 0.269 e. The molecule has 1 aromatic heterocycles. The molecule has 3 rings (SSSR count). The first kappa shape index (κ1) is 25.4. The van der Waals surface area contributed by atoms with E-state index in [0.29, 0.717) is 28.8 Å². The summed E-state index contributed by atoms with van der Waals surface area (Å²) in [6.45, 7) is 3.96. The van der Waals surface area contributed by atoms with Crippen LogP contribution in [0.5, 0.6) is 0 Å². The first-order chi connectivity index (χ1) is 16.4. The second-order valence-electron chi connectivity index (χ2n) is 7.96. The molecule has 0 aliphatic rings. The summed E-state index contributed by atoms with van der Waals surface area (Å²) >= 11 is 1.41. The van der Waals surface area contributed by atoms with E-state index < -0.39 is 11.0 Å². The third kappa shape index (κ3) is 6.86. The van der Waals surface area contributed by atoms with E-state index in [4.69, 9.17) is 0 Å². The van der Waals surface area contributed by atoms with Gasteiger partial charge in [0.2, 0.25) is 5.91 Å². The number of hydrogen-bond acceptors (Lipinski definition) is 6. The van der Waals surface area contributed by atoms with Gasteiger partial charge in [0, 0.05) is 30.0 Å². The third-order valence-electron chi connectivity index (χ3n) is 5.28. The highest BCUT2D eigenvalue weighted by Crippen LogP contribution is 2.28. The molecule has 8 nitrogen and oxygen atoms in total. The first-order valence-corrected chi connectivity index (χ1v) is 12.2. The lowest BCUT2D eigenvalue weighted by Gasteiger charge is -2.16. The van der Waals surface area contributed by atoms with Crippen molar-refractivity contribution >= 4 is 23.4 Å². The van der Waals surface area contributed by atoms with Gasteiger partial charge < -0.3 is 5.32 Å². The Morgan fingerprint density at radius 3 is 2.47 bits per heavy atom. The Morgan fingerprint density at radius 1 is 1.12 bits per heavy atom. The molecule has 0 saturated carbocycles. The lowest BCUT2D eigenvalue weighted by atomic mass is 10.1. The van der Waals surface area contributed by atoms with Crippen molar-refractivity contribution in [3.63, 3.8) is 0 Å². The number of rotatable bonds is 12. The van der Waals surface area contributed by atoms with E-state index in [0.717, 1.165) is 31.2 Å². The molecular weight excluding hydrogens is 457 g/mol. The molecule has 1 atom stereocenters. The van der Waals surface area contributed by atoms with Crippen LogP contribution in [0.25, 0.3) is 5.69 Å². The Labute approximate surface area is 202 Å². The average Bonchev–Trinajstić information content (AvgIpc) is 3.25. The third-order valence-corrected chi connectivity index (χ3v) is 6.28. The largest absolute Gasteiger partial charge is 0.346 e. The van der Waals surface area contributed by atoms with Crippen molar-refractivity contribution in [1.82, 2.24) is 20.1 Å². The van der Waals surface area contributed by atoms with Gasteiger partial charge in [0.15, 0.2) is 11.0 Å². The van der Waals surface area contributed by atoms with Crippen molar-refractivity contribution in [3.05, 3.63) is 75.9 Å². The van der Waals surface area contributed by atoms with E-state index in [2.05, 4.69) is 22.4 Å².